The highest BCUT2D eigenvalue weighted by Gasteiger charge is 2.06. The van der Waals surface area contributed by atoms with E-state index in [-0.39, 0.29) is 5.76 Å². The number of carbonyl (C=O) groups excluding carboxylic acids is 1. The molecule has 0 aromatic carbocycles. The molecule has 0 aromatic heterocycles. The summed E-state index contributed by atoms with van der Waals surface area (Å²) >= 11 is 0. The van der Waals surface area contributed by atoms with Crippen molar-refractivity contribution in [3.05, 3.63) is 12.3 Å². The summed E-state index contributed by atoms with van der Waals surface area (Å²) in [5, 5.41) is 0. The van der Waals surface area contributed by atoms with Crippen LogP contribution in [0.25, 0.3) is 0 Å². The summed E-state index contributed by atoms with van der Waals surface area (Å²) in [4.78, 5) is 32.4. The predicted octanol–water partition coefficient (Wildman–Crippen LogP) is 2.12. The Balaban J connectivity index is 0. The first kappa shape index (κ1) is 21.4. The average molecular weight is 312 g/mol. The van der Waals surface area contributed by atoms with E-state index in [0.717, 1.165) is 12.8 Å². The van der Waals surface area contributed by atoms with Gasteiger partial charge in [0.1, 0.15) is 0 Å². The number of esters is 1. The Morgan fingerprint density at radius 3 is 2.00 bits per heavy atom. The molecule has 0 saturated carbocycles. The zero-order chi connectivity index (χ0) is 16.0. The normalized spacial score (nSPS) is 10.2. The molecule has 0 saturated heterocycles. The largest absolute Gasteiger partial charge is 0.487 e. The van der Waals surface area contributed by atoms with E-state index in [1.54, 1.807) is 0 Å². The molecule has 0 bridgehead atoms. The minimum atomic E-state index is -4.64. The third-order valence-corrected chi connectivity index (χ3v) is 2.19. The highest BCUT2D eigenvalue weighted by Crippen LogP contribution is 2.25. The number of methoxy groups -OCH3 is 1. The van der Waals surface area contributed by atoms with Crippen LogP contribution in [0.5, 0.6) is 0 Å². The van der Waals surface area contributed by atoms with Gasteiger partial charge in [-0.05, 0) is 13.0 Å². The topological polar surface area (TPSA) is 113 Å². The summed E-state index contributed by atoms with van der Waals surface area (Å²) in [5.74, 6) is -0.382. The lowest BCUT2D eigenvalue weighted by Gasteiger charge is -2.06. The third-order valence-electron chi connectivity index (χ3n) is 2.19. The summed E-state index contributed by atoms with van der Waals surface area (Å²) in [6, 6.07) is 0. The molecule has 0 aliphatic heterocycles. The van der Waals surface area contributed by atoms with Crippen LogP contribution >= 0.6 is 7.82 Å². The van der Waals surface area contributed by atoms with Crippen molar-refractivity contribution in [2.24, 2.45) is 0 Å². The lowest BCUT2D eigenvalue weighted by Crippen LogP contribution is -2.07. The smallest absolute Gasteiger partial charge is 0.466 e. The number of hydrogen-bond acceptors (Lipinski definition) is 4. The van der Waals surface area contributed by atoms with Gasteiger partial charge in [0.2, 0.25) is 0 Å². The van der Waals surface area contributed by atoms with Gasteiger partial charge in [0.15, 0.2) is 5.76 Å². The summed E-state index contributed by atoms with van der Waals surface area (Å²) in [7, 11) is -3.32. The van der Waals surface area contributed by atoms with E-state index in [1.165, 1.54) is 32.8 Å². The SMILES string of the molecule is C=C(OCCCCCCCC)C(=O)OC.O=P(O)(O)O. The third kappa shape index (κ3) is 22.3. The molecule has 3 N–H and O–H groups in total. The Hall–Kier alpha value is -0.880. The second-order valence-corrected chi connectivity index (χ2v) is 5.07. The Labute approximate surface area is 119 Å². The predicted molar refractivity (Wildman–Crippen MR) is 74.7 cm³/mol. The molecule has 20 heavy (non-hydrogen) atoms. The average Bonchev–Trinajstić information content (AvgIpc) is 2.34. The van der Waals surface area contributed by atoms with Crippen molar-refractivity contribution in [2.45, 2.75) is 45.4 Å². The Kier molecular flexibility index (Phi) is 14.1. The molecular formula is C12H25O7P. The van der Waals surface area contributed by atoms with E-state index in [1.807, 2.05) is 0 Å². The molecule has 0 aliphatic rings. The van der Waals surface area contributed by atoms with Crippen LogP contribution in [0.15, 0.2) is 12.3 Å². The van der Waals surface area contributed by atoms with Gasteiger partial charge in [-0.25, -0.2) is 9.36 Å². The van der Waals surface area contributed by atoms with Crippen LogP contribution < -0.4 is 0 Å². The first-order valence-electron chi connectivity index (χ1n) is 6.40. The first-order valence-corrected chi connectivity index (χ1v) is 7.97. The van der Waals surface area contributed by atoms with Crippen molar-refractivity contribution in [3.8, 4) is 0 Å². The van der Waals surface area contributed by atoms with E-state index in [9.17, 15) is 4.79 Å². The van der Waals surface area contributed by atoms with Crippen LogP contribution in [0.4, 0.5) is 0 Å². The Morgan fingerprint density at radius 1 is 1.10 bits per heavy atom. The molecule has 7 nitrogen and oxygen atoms in total. The fourth-order valence-electron chi connectivity index (χ4n) is 1.25. The first-order chi connectivity index (χ1) is 9.22. The molecular weight excluding hydrogens is 287 g/mol. The molecule has 0 aliphatic carbocycles. The van der Waals surface area contributed by atoms with Crippen LogP contribution in [-0.4, -0.2) is 34.4 Å². The molecule has 0 heterocycles. The van der Waals surface area contributed by atoms with Crippen LogP contribution in [0.3, 0.4) is 0 Å². The van der Waals surface area contributed by atoms with Gasteiger partial charge in [-0.15, -0.1) is 0 Å². The number of phosphoric acid groups is 1. The second kappa shape index (κ2) is 13.1. The summed E-state index contributed by atoms with van der Waals surface area (Å²) < 4.78 is 18.5. The quantitative estimate of drug-likeness (QED) is 0.196. The van der Waals surface area contributed by atoms with Crippen LogP contribution in [-0.2, 0) is 18.8 Å². The lowest BCUT2D eigenvalue weighted by atomic mass is 10.1. The lowest BCUT2D eigenvalue weighted by molar-refractivity contribution is -0.140. The van der Waals surface area contributed by atoms with Crippen LogP contribution in [0, 0.1) is 0 Å². The van der Waals surface area contributed by atoms with Gasteiger partial charge in [0.05, 0.1) is 13.7 Å². The van der Waals surface area contributed by atoms with E-state index in [2.05, 4.69) is 18.2 Å². The van der Waals surface area contributed by atoms with Crippen molar-refractivity contribution in [1.82, 2.24) is 0 Å². The number of rotatable bonds is 9. The van der Waals surface area contributed by atoms with Crippen molar-refractivity contribution in [2.75, 3.05) is 13.7 Å². The number of carbonyl (C=O) groups is 1. The zero-order valence-electron chi connectivity index (χ0n) is 12.1. The summed E-state index contributed by atoms with van der Waals surface area (Å²) in [5.41, 5.74) is 0. The maximum Gasteiger partial charge on any atom is 0.466 e. The van der Waals surface area contributed by atoms with Gasteiger partial charge in [0, 0.05) is 0 Å². The maximum atomic E-state index is 10.9. The minimum absolute atomic E-state index is 0.103. The van der Waals surface area contributed by atoms with Gasteiger partial charge < -0.3 is 24.2 Å². The maximum absolute atomic E-state index is 10.9. The molecule has 0 fully saturated rings. The summed E-state index contributed by atoms with van der Waals surface area (Å²) in [6.07, 6.45) is 7.20. The molecule has 8 heteroatoms. The molecule has 0 spiro atoms. The Bertz CT molecular complexity index is 303. The van der Waals surface area contributed by atoms with Gasteiger partial charge >= 0.3 is 13.8 Å². The van der Waals surface area contributed by atoms with Gasteiger partial charge in [-0.1, -0.05) is 39.0 Å². The fraction of sp³-hybridized carbons (Fsp3) is 0.750. The molecule has 0 aromatic rings. The number of hydrogen-bond donors (Lipinski definition) is 3. The zero-order valence-corrected chi connectivity index (χ0v) is 13.0. The highest BCUT2D eigenvalue weighted by atomic mass is 31.2. The van der Waals surface area contributed by atoms with Gasteiger partial charge in [-0.2, -0.15) is 0 Å². The molecule has 0 radical (unpaired) electrons. The Morgan fingerprint density at radius 2 is 1.55 bits per heavy atom. The molecule has 120 valence electrons. The second-order valence-electron chi connectivity index (χ2n) is 4.04. The molecule has 0 atom stereocenters. The van der Waals surface area contributed by atoms with Gasteiger partial charge in [-0.3, -0.25) is 0 Å². The van der Waals surface area contributed by atoms with E-state index < -0.39 is 13.8 Å². The molecule has 0 unspecified atom stereocenters. The van der Waals surface area contributed by atoms with Crippen molar-refractivity contribution in [3.63, 3.8) is 0 Å². The summed E-state index contributed by atoms with van der Waals surface area (Å²) in [6.45, 7) is 6.23. The van der Waals surface area contributed by atoms with Crippen molar-refractivity contribution >= 4 is 13.8 Å². The minimum Gasteiger partial charge on any atom is -0.487 e. The van der Waals surface area contributed by atoms with Crippen molar-refractivity contribution in [1.29, 1.82) is 0 Å². The number of ether oxygens (including phenoxy) is 2. The molecule has 0 amide bonds. The highest BCUT2D eigenvalue weighted by molar-refractivity contribution is 7.45. The molecule has 0 rings (SSSR count). The van der Waals surface area contributed by atoms with Crippen LogP contribution in [0.2, 0.25) is 0 Å². The van der Waals surface area contributed by atoms with Gasteiger partial charge in [0.25, 0.3) is 0 Å². The van der Waals surface area contributed by atoms with E-state index in [4.69, 9.17) is 24.0 Å². The van der Waals surface area contributed by atoms with Crippen molar-refractivity contribution < 1.29 is 33.5 Å². The van der Waals surface area contributed by atoms with E-state index in [0.29, 0.717) is 6.61 Å². The fourth-order valence-corrected chi connectivity index (χ4v) is 1.25. The monoisotopic (exact) mass is 312 g/mol. The van der Waals surface area contributed by atoms with E-state index >= 15 is 0 Å². The standard InChI is InChI=1S/C12H22O3.H3O4P/c1-4-5-6-7-8-9-10-15-11(2)12(13)14-3;1-5(2,3)4/h2,4-10H2,1,3H3;(H3,1,2,3,4). The van der Waals surface area contributed by atoms with Crippen LogP contribution in [0.1, 0.15) is 45.4 Å². The number of unbranched alkanes of at least 4 members (excludes halogenated alkanes) is 5.